The minimum Gasteiger partial charge on any atom is -0.299 e. The molecular weight excluding hydrogens is 240 g/mol. The number of rotatable bonds is 13. The Morgan fingerprint density at radius 3 is 2.28 bits per heavy atom. The molecule has 1 atom stereocenters. The van der Waals surface area contributed by atoms with E-state index in [-0.39, 0.29) is 0 Å². The molecule has 0 heterocycles. The summed E-state index contributed by atoms with van der Waals surface area (Å²) in [5.74, 6) is 1.99. The van der Waals surface area contributed by atoms with Gasteiger partial charge in [0, 0.05) is 6.42 Å². The van der Waals surface area contributed by atoms with Gasteiger partial charge in [0.25, 0.3) is 0 Å². The lowest BCUT2D eigenvalue weighted by molar-refractivity contribution is -0.116. The summed E-state index contributed by atoms with van der Waals surface area (Å²) in [6.07, 6.45) is 14.7. The van der Waals surface area contributed by atoms with E-state index in [2.05, 4.69) is 13.8 Å². The van der Waals surface area contributed by atoms with Crippen LogP contribution in [0.2, 0.25) is 0 Å². The highest BCUT2D eigenvalue weighted by Crippen LogP contribution is 2.20. The van der Waals surface area contributed by atoms with E-state index in [9.17, 15) is 4.79 Å². The second-order valence-electron chi connectivity index (χ2n) is 5.34. The monoisotopic (exact) mass is 272 g/mol. The van der Waals surface area contributed by atoms with Gasteiger partial charge < -0.3 is 0 Å². The molecule has 0 aliphatic heterocycles. The van der Waals surface area contributed by atoms with E-state index in [1.165, 1.54) is 51.4 Å². The standard InChI is InChI=1S/C16H32OS/c1-4-6-7-8-9-11-15(5-2)12-10-13-16(17)14-18-3/h15H,4-14H2,1-3H3/t15-/m1/s1. The molecule has 0 aliphatic carbocycles. The fourth-order valence-corrected chi connectivity index (χ4v) is 2.88. The van der Waals surface area contributed by atoms with Crippen molar-refractivity contribution in [2.24, 2.45) is 5.92 Å². The van der Waals surface area contributed by atoms with E-state index in [0.717, 1.165) is 18.8 Å². The van der Waals surface area contributed by atoms with Crippen molar-refractivity contribution >= 4 is 17.5 Å². The molecule has 108 valence electrons. The number of carbonyl (C=O) groups is 1. The van der Waals surface area contributed by atoms with Crippen LogP contribution >= 0.6 is 11.8 Å². The van der Waals surface area contributed by atoms with Gasteiger partial charge in [0.1, 0.15) is 5.78 Å². The summed E-state index contributed by atoms with van der Waals surface area (Å²) in [5, 5.41) is 0. The number of carbonyl (C=O) groups excluding carboxylic acids is 1. The molecule has 0 unspecified atom stereocenters. The molecule has 0 saturated heterocycles. The van der Waals surface area contributed by atoms with Crippen molar-refractivity contribution in [3.63, 3.8) is 0 Å². The summed E-state index contributed by atoms with van der Waals surface area (Å²) >= 11 is 1.65. The minimum atomic E-state index is 0.431. The molecule has 0 fully saturated rings. The molecule has 0 bridgehead atoms. The molecule has 0 N–H and O–H groups in total. The Labute approximate surface area is 118 Å². The summed E-state index contributed by atoms with van der Waals surface area (Å²) in [6.45, 7) is 4.56. The zero-order valence-electron chi connectivity index (χ0n) is 12.7. The minimum absolute atomic E-state index is 0.431. The maximum atomic E-state index is 11.4. The molecule has 0 rings (SSSR count). The molecule has 1 nitrogen and oxygen atoms in total. The largest absolute Gasteiger partial charge is 0.299 e. The van der Waals surface area contributed by atoms with E-state index in [4.69, 9.17) is 0 Å². The van der Waals surface area contributed by atoms with Gasteiger partial charge in [-0.2, -0.15) is 11.8 Å². The Bertz CT molecular complexity index is 192. The summed E-state index contributed by atoms with van der Waals surface area (Å²) < 4.78 is 0. The third kappa shape index (κ3) is 11.1. The first-order valence-electron chi connectivity index (χ1n) is 7.75. The Balaban J connectivity index is 3.48. The Hall–Kier alpha value is 0.0200. The van der Waals surface area contributed by atoms with Crippen LogP contribution in [0.3, 0.4) is 0 Å². The number of ketones is 1. The molecule has 0 amide bonds. The van der Waals surface area contributed by atoms with Crippen molar-refractivity contribution < 1.29 is 4.79 Å². The molecule has 0 aromatic carbocycles. The van der Waals surface area contributed by atoms with Crippen LogP contribution in [0, 0.1) is 5.92 Å². The van der Waals surface area contributed by atoms with Crippen LogP contribution in [0.4, 0.5) is 0 Å². The Morgan fingerprint density at radius 2 is 1.67 bits per heavy atom. The van der Waals surface area contributed by atoms with Crippen molar-refractivity contribution in [2.75, 3.05) is 12.0 Å². The first-order valence-corrected chi connectivity index (χ1v) is 9.14. The maximum absolute atomic E-state index is 11.4. The van der Waals surface area contributed by atoms with Crippen LogP contribution in [-0.2, 0) is 4.79 Å². The van der Waals surface area contributed by atoms with Crippen LogP contribution in [0.1, 0.15) is 78.1 Å². The van der Waals surface area contributed by atoms with Crippen molar-refractivity contribution in [1.29, 1.82) is 0 Å². The highest BCUT2D eigenvalue weighted by atomic mass is 32.2. The number of hydrogen-bond donors (Lipinski definition) is 0. The van der Waals surface area contributed by atoms with Crippen LogP contribution in [0.5, 0.6) is 0 Å². The normalized spacial score (nSPS) is 12.6. The molecule has 0 aromatic heterocycles. The SMILES string of the molecule is CCCCCCC[C@@H](CC)CCCC(=O)CSC. The molecule has 2 heteroatoms. The second-order valence-corrected chi connectivity index (χ2v) is 6.21. The molecule has 0 aromatic rings. The Kier molecular flexibility index (Phi) is 13.5. The number of unbranched alkanes of at least 4 members (excludes halogenated alkanes) is 4. The lowest BCUT2D eigenvalue weighted by Crippen LogP contribution is -2.04. The molecule has 0 spiro atoms. The van der Waals surface area contributed by atoms with E-state index in [0.29, 0.717) is 11.5 Å². The number of Topliss-reactive ketones (excluding diaryl/α,β-unsaturated/α-hetero) is 1. The predicted octanol–water partition coefficient (Wildman–Crippen LogP) is 5.48. The van der Waals surface area contributed by atoms with E-state index >= 15 is 0 Å². The zero-order chi connectivity index (χ0) is 13.6. The van der Waals surface area contributed by atoms with Gasteiger partial charge in [0.2, 0.25) is 0 Å². The van der Waals surface area contributed by atoms with Crippen molar-refractivity contribution in [3.8, 4) is 0 Å². The maximum Gasteiger partial charge on any atom is 0.142 e. The number of hydrogen-bond acceptors (Lipinski definition) is 2. The Morgan fingerprint density at radius 1 is 1.00 bits per heavy atom. The average molecular weight is 272 g/mol. The van der Waals surface area contributed by atoms with Gasteiger partial charge in [-0.05, 0) is 18.6 Å². The van der Waals surface area contributed by atoms with Crippen LogP contribution < -0.4 is 0 Å². The quantitative estimate of drug-likeness (QED) is 0.413. The highest BCUT2D eigenvalue weighted by molar-refractivity contribution is 7.99. The first-order chi connectivity index (χ1) is 8.74. The van der Waals surface area contributed by atoms with E-state index in [1.807, 2.05) is 6.26 Å². The van der Waals surface area contributed by atoms with Crippen molar-refractivity contribution in [2.45, 2.75) is 78.1 Å². The zero-order valence-corrected chi connectivity index (χ0v) is 13.5. The first kappa shape index (κ1) is 18.0. The topological polar surface area (TPSA) is 17.1 Å². The predicted molar refractivity (Wildman–Crippen MR) is 84.4 cm³/mol. The molecular formula is C16H32OS. The average Bonchev–Trinajstić information content (AvgIpc) is 2.36. The lowest BCUT2D eigenvalue weighted by atomic mass is 9.92. The summed E-state index contributed by atoms with van der Waals surface area (Å²) in [5.41, 5.74) is 0. The molecule has 0 saturated carbocycles. The molecule has 0 radical (unpaired) electrons. The third-order valence-corrected chi connectivity index (χ3v) is 4.28. The van der Waals surface area contributed by atoms with Gasteiger partial charge in [-0.25, -0.2) is 0 Å². The summed E-state index contributed by atoms with van der Waals surface area (Å²) in [4.78, 5) is 11.4. The van der Waals surface area contributed by atoms with Gasteiger partial charge in [0.05, 0.1) is 5.75 Å². The number of thioether (sulfide) groups is 1. The van der Waals surface area contributed by atoms with Crippen LogP contribution in [0.15, 0.2) is 0 Å². The van der Waals surface area contributed by atoms with Gasteiger partial charge in [-0.15, -0.1) is 0 Å². The van der Waals surface area contributed by atoms with E-state index < -0.39 is 0 Å². The van der Waals surface area contributed by atoms with Crippen molar-refractivity contribution in [3.05, 3.63) is 0 Å². The van der Waals surface area contributed by atoms with Gasteiger partial charge in [0.15, 0.2) is 0 Å². The van der Waals surface area contributed by atoms with Gasteiger partial charge in [-0.3, -0.25) is 4.79 Å². The van der Waals surface area contributed by atoms with E-state index in [1.54, 1.807) is 11.8 Å². The second kappa shape index (κ2) is 13.5. The van der Waals surface area contributed by atoms with Gasteiger partial charge >= 0.3 is 0 Å². The highest BCUT2D eigenvalue weighted by Gasteiger charge is 2.07. The van der Waals surface area contributed by atoms with Crippen LogP contribution in [-0.4, -0.2) is 17.8 Å². The lowest BCUT2D eigenvalue weighted by Gasteiger charge is -2.14. The van der Waals surface area contributed by atoms with Crippen molar-refractivity contribution in [1.82, 2.24) is 0 Å². The molecule has 0 aliphatic rings. The summed E-state index contributed by atoms with van der Waals surface area (Å²) in [7, 11) is 0. The fourth-order valence-electron chi connectivity index (χ4n) is 2.41. The molecule has 18 heavy (non-hydrogen) atoms. The summed E-state index contributed by atoms with van der Waals surface area (Å²) in [6, 6.07) is 0. The fraction of sp³-hybridized carbons (Fsp3) is 0.938. The van der Waals surface area contributed by atoms with Crippen LogP contribution in [0.25, 0.3) is 0 Å². The van der Waals surface area contributed by atoms with Gasteiger partial charge in [-0.1, -0.05) is 65.2 Å². The third-order valence-electron chi connectivity index (χ3n) is 3.67. The smallest absolute Gasteiger partial charge is 0.142 e.